The lowest BCUT2D eigenvalue weighted by Crippen LogP contribution is -2.28. The molecule has 0 radical (unpaired) electrons. The number of aromatic hydroxyl groups is 1. The quantitative estimate of drug-likeness (QED) is 0.517. The Balaban J connectivity index is 1.76. The van der Waals surface area contributed by atoms with E-state index in [1.54, 1.807) is 12.1 Å². The van der Waals surface area contributed by atoms with Crippen molar-refractivity contribution in [3.63, 3.8) is 0 Å². The van der Waals surface area contributed by atoms with E-state index in [4.69, 9.17) is 23.2 Å². The number of carbonyl (C=O) groups is 1. The van der Waals surface area contributed by atoms with Crippen LogP contribution in [0.4, 0.5) is 8.78 Å². The molecule has 0 saturated heterocycles. The predicted octanol–water partition coefficient (Wildman–Crippen LogP) is 4.71. The van der Waals surface area contributed by atoms with Gasteiger partial charge in [0.15, 0.2) is 5.75 Å². The van der Waals surface area contributed by atoms with Crippen molar-refractivity contribution in [3.05, 3.63) is 85.6 Å². The molecule has 0 aliphatic rings. The molecule has 9 heteroatoms. The summed E-state index contributed by atoms with van der Waals surface area (Å²) >= 11 is 11.9. The zero-order chi connectivity index (χ0) is 22.7. The van der Waals surface area contributed by atoms with E-state index in [2.05, 4.69) is 5.32 Å². The minimum absolute atomic E-state index is 0.0609. The van der Waals surface area contributed by atoms with Gasteiger partial charge in [-0.2, -0.15) is 0 Å². The molecule has 0 spiro atoms. The monoisotopic (exact) mass is 466 g/mol. The summed E-state index contributed by atoms with van der Waals surface area (Å²) in [5.74, 6) is -3.08. The number of halogens is 4. The normalized spacial score (nSPS) is 10.9. The van der Waals surface area contributed by atoms with Gasteiger partial charge in [-0.3, -0.25) is 9.59 Å². The van der Waals surface area contributed by atoms with Gasteiger partial charge in [0.1, 0.15) is 11.6 Å². The Morgan fingerprint density at radius 2 is 1.74 bits per heavy atom. The van der Waals surface area contributed by atoms with Crippen molar-refractivity contribution in [2.75, 3.05) is 6.54 Å². The molecule has 0 bridgehead atoms. The van der Waals surface area contributed by atoms with E-state index in [0.29, 0.717) is 29.0 Å². The van der Waals surface area contributed by atoms with Crippen LogP contribution in [0, 0.1) is 11.6 Å². The molecule has 0 atom stereocenters. The number of rotatable bonds is 6. The number of benzene rings is 2. The zero-order valence-corrected chi connectivity index (χ0v) is 17.9. The number of amides is 1. The zero-order valence-electron chi connectivity index (χ0n) is 16.4. The number of nitrogens with zero attached hydrogens (tertiary/aromatic N) is 1. The molecular formula is C22H18Cl2F2N2O3. The van der Waals surface area contributed by atoms with Crippen molar-refractivity contribution < 1.29 is 18.7 Å². The van der Waals surface area contributed by atoms with Gasteiger partial charge in [-0.15, -0.1) is 0 Å². The van der Waals surface area contributed by atoms with Crippen molar-refractivity contribution in [1.82, 2.24) is 9.88 Å². The van der Waals surface area contributed by atoms with Crippen LogP contribution >= 0.6 is 23.2 Å². The van der Waals surface area contributed by atoms with Crippen LogP contribution in [0.25, 0.3) is 11.3 Å². The Kier molecular flexibility index (Phi) is 6.97. The van der Waals surface area contributed by atoms with Crippen LogP contribution in [0.3, 0.4) is 0 Å². The molecular weight excluding hydrogens is 449 g/mol. The number of nitrogens with one attached hydrogen (secondary N) is 1. The van der Waals surface area contributed by atoms with Crippen LogP contribution in [-0.4, -0.2) is 22.1 Å². The fourth-order valence-electron chi connectivity index (χ4n) is 3.12. The Bertz CT molecular complexity index is 1190. The minimum Gasteiger partial charge on any atom is -0.502 e. The van der Waals surface area contributed by atoms with E-state index in [1.807, 2.05) is 6.07 Å². The standard InChI is InChI=1S/C22H18Cl2F2N2O3/c1-28-19(13-8-14(25)10-15(26)9-13)11-16(20(29)22(28)31)21(30)27-6-2-3-12-4-5-17(23)18(24)7-12/h4-5,7-11,29H,2-3,6H2,1H3,(H,27,30). The number of aryl methyl sites for hydroxylation is 1. The first-order valence-electron chi connectivity index (χ1n) is 9.29. The Hall–Kier alpha value is -2.90. The van der Waals surface area contributed by atoms with Crippen LogP contribution in [-0.2, 0) is 13.5 Å². The number of aromatic nitrogens is 1. The van der Waals surface area contributed by atoms with Gasteiger partial charge in [-0.1, -0.05) is 29.3 Å². The summed E-state index contributed by atoms with van der Waals surface area (Å²) in [6.07, 6.45) is 1.19. The van der Waals surface area contributed by atoms with E-state index in [9.17, 15) is 23.5 Å². The maximum Gasteiger partial charge on any atom is 0.293 e. The smallest absolute Gasteiger partial charge is 0.293 e. The van der Waals surface area contributed by atoms with Crippen LogP contribution in [0.15, 0.2) is 47.3 Å². The summed E-state index contributed by atoms with van der Waals surface area (Å²) in [5.41, 5.74) is -0.0520. The van der Waals surface area contributed by atoms with Gasteiger partial charge in [0.2, 0.25) is 0 Å². The second kappa shape index (κ2) is 9.49. The molecule has 2 N–H and O–H groups in total. The third-order valence-electron chi connectivity index (χ3n) is 4.72. The van der Waals surface area contributed by atoms with E-state index >= 15 is 0 Å². The van der Waals surface area contributed by atoms with Gasteiger partial charge in [0, 0.05) is 25.2 Å². The Morgan fingerprint density at radius 1 is 1.06 bits per heavy atom. The molecule has 0 saturated carbocycles. The van der Waals surface area contributed by atoms with Gasteiger partial charge >= 0.3 is 0 Å². The fraction of sp³-hybridized carbons (Fsp3) is 0.182. The molecule has 0 fully saturated rings. The first kappa shape index (κ1) is 22.8. The van der Waals surface area contributed by atoms with Crippen molar-refractivity contribution in [2.45, 2.75) is 12.8 Å². The highest BCUT2D eigenvalue weighted by molar-refractivity contribution is 6.42. The largest absolute Gasteiger partial charge is 0.502 e. The maximum absolute atomic E-state index is 13.6. The van der Waals surface area contributed by atoms with Gasteiger partial charge < -0.3 is 15.0 Å². The number of hydrogen-bond acceptors (Lipinski definition) is 3. The van der Waals surface area contributed by atoms with Gasteiger partial charge in [-0.05, 0) is 48.7 Å². The van der Waals surface area contributed by atoms with E-state index in [0.717, 1.165) is 22.3 Å². The predicted molar refractivity (Wildman–Crippen MR) is 116 cm³/mol. The molecule has 0 aliphatic carbocycles. The highest BCUT2D eigenvalue weighted by Gasteiger charge is 2.19. The van der Waals surface area contributed by atoms with Crippen LogP contribution in [0.2, 0.25) is 10.0 Å². The summed E-state index contributed by atoms with van der Waals surface area (Å²) in [6.45, 7) is 0.262. The van der Waals surface area contributed by atoms with Crippen LogP contribution in [0.1, 0.15) is 22.3 Å². The second-order valence-electron chi connectivity index (χ2n) is 6.92. The lowest BCUT2D eigenvalue weighted by Gasteiger charge is -2.13. The summed E-state index contributed by atoms with van der Waals surface area (Å²) in [6, 6.07) is 9.24. The van der Waals surface area contributed by atoms with E-state index in [1.165, 1.54) is 13.1 Å². The molecule has 31 heavy (non-hydrogen) atoms. The van der Waals surface area contributed by atoms with Crippen molar-refractivity contribution in [3.8, 4) is 17.0 Å². The molecule has 0 unspecified atom stereocenters. The summed E-state index contributed by atoms with van der Waals surface area (Å²) < 4.78 is 28.2. The first-order valence-corrected chi connectivity index (χ1v) is 10.0. The van der Waals surface area contributed by atoms with Crippen molar-refractivity contribution in [2.24, 2.45) is 7.05 Å². The van der Waals surface area contributed by atoms with Crippen LogP contribution in [0.5, 0.6) is 5.75 Å². The summed E-state index contributed by atoms with van der Waals surface area (Å²) in [4.78, 5) is 24.9. The molecule has 0 aliphatic heterocycles. The Labute approximate surface area is 186 Å². The fourth-order valence-corrected chi connectivity index (χ4v) is 3.44. The van der Waals surface area contributed by atoms with E-state index < -0.39 is 28.9 Å². The van der Waals surface area contributed by atoms with Crippen molar-refractivity contribution >= 4 is 29.1 Å². The highest BCUT2D eigenvalue weighted by Crippen LogP contribution is 2.25. The lowest BCUT2D eigenvalue weighted by molar-refractivity contribution is 0.0950. The molecule has 3 aromatic rings. The van der Waals surface area contributed by atoms with Gasteiger partial charge in [0.05, 0.1) is 21.3 Å². The molecule has 5 nitrogen and oxygen atoms in total. The average molecular weight is 467 g/mol. The minimum atomic E-state index is -0.858. The third kappa shape index (κ3) is 5.24. The van der Waals surface area contributed by atoms with Gasteiger partial charge in [-0.25, -0.2) is 8.78 Å². The topological polar surface area (TPSA) is 71.3 Å². The first-order chi connectivity index (χ1) is 14.7. The van der Waals surface area contributed by atoms with Gasteiger partial charge in [0.25, 0.3) is 11.5 Å². The van der Waals surface area contributed by atoms with Crippen LogP contribution < -0.4 is 10.9 Å². The number of hydrogen-bond donors (Lipinski definition) is 2. The summed E-state index contributed by atoms with van der Waals surface area (Å²) in [7, 11) is 1.33. The third-order valence-corrected chi connectivity index (χ3v) is 5.46. The number of pyridine rings is 1. The molecule has 2 aromatic carbocycles. The Morgan fingerprint density at radius 3 is 2.39 bits per heavy atom. The van der Waals surface area contributed by atoms with Crippen molar-refractivity contribution in [1.29, 1.82) is 0 Å². The maximum atomic E-state index is 13.6. The lowest BCUT2D eigenvalue weighted by atomic mass is 10.1. The average Bonchev–Trinajstić information content (AvgIpc) is 2.71. The van der Waals surface area contributed by atoms with E-state index in [-0.39, 0.29) is 23.4 Å². The highest BCUT2D eigenvalue weighted by atomic mass is 35.5. The molecule has 3 rings (SSSR count). The molecule has 1 heterocycles. The molecule has 162 valence electrons. The molecule has 1 amide bonds. The SMILES string of the molecule is Cn1c(-c2cc(F)cc(F)c2)cc(C(=O)NCCCc2ccc(Cl)c(Cl)c2)c(O)c1=O. The second-order valence-corrected chi connectivity index (χ2v) is 7.74. The summed E-state index contributed by atoms with van der Waals surface area (Å²) in [5, 5.41) is 13.7. The number of carbonyl (C=O) groups excluding carboxylic acids is 1. The molecule has 1 aromatic heterocycles.